The predicted octanol–water partition coefficient (Wildman–Crippen LogP) is 3.93. The van der Waals surface area contributed by atoms with E-state index in [4.69, 9.17) is 9.47 Å². The van der Waals surface area contributed by atoms with Crippen LogP contribution in [0.4, 0.5) is 0 Å². The molecule has 0 bridgehead atoms. The quantitative estimate of drug-likeness (QED) is 0.225. The molecule has 0 saturated carbocycles. The Kier molecular flexibility index (Phi) is 12.2. The Balaban J connectivity index is 0.00000392. The summed E-state index contributed by atoms with van der Waals surface area (Å²) in [5.74, 6) is 1.41. The van der Waals surface area contributed by atoms with E-state index in [0.717, 1.165) is 24.5 Å². The highest BCUT2D eigenvalue weighted by Gasteiger charge is 2.06. The van der Waals surface area contributed by atoms with Crippen LogP contribution in [-0.2, 0) is 11.3 Å². The van der Waals surface area contributed by atoms with Gasteiger partial charge in [-0.1, -0.05) is 36.4 Å². The second-order valence-corrected chi connectivity index (χ2v) is 6.03. The minimum Gasteiger partial charge on any atom is -0.478 e. The van der Waals surface area contributed by atoms with E-state index in [2.05, 4.69) is 39.7 Å². The fourth-order valence-electron chi connectivity index (χ4n) is 2.58. The summed E-state index contributed by atoms with van der Waals surface area (Å²) in [7, 11) is 1.76. The van der Waals surface area contributed by atoms with E-state index in [-0.39, 0.29) is 30.1 Å². The van der Waals surface area contributed by atoms with Gasteiger partial charge in [-0.05, 0) is 31.9 Å². The van der Waals surface area contributed by atoms with E-state index >= 15 is 0 Å². The van der Waals surface area contributed by atoms with Gasteiger partial charge in [0.25, 0.3) is 0 Å². The van der Waals surface area contributed by atoms with E-state index < -0.39 is 0 Å². The Morgan fingerprint density at radius 1 is 1.14 bits per heavy atom. The molecule has 0 fully saturated rings. The van der Waals surface area contributed by atoms with Crippen molar-refractivity contribution in [2.75, 3.05) is 26.8 Å². The number of hydrogen-bond donors (Lipinski definition) is 2. The van der Waals surface area contributed by atoms with Gasteiger partial charge in [-0.3, -0.25) is 4.99 Å². The Morgan fingerprint density at radius 3 is 2.64 bits per heavy atom. The van der Waals surface area contributed by atoms with Crippen molar-refractivity contribution in [3.63, 3.8) is 0 Å². The van der Waals surface area contributed by atoms with Crippen LogP contribution in [0.15, 0.2) is 53.7 Å². The molecule has 6 nitrogen and oxygen atoms in total. The Labute approximate surface area is 185 Å². The first kappa shape index (κ1) is 24.2. The molecule has 1 atom stereocenters. The summed E-state index contributed by atoms with van der Waals surface area (Å²) < 4.78 is 11.4. The van der Waals surface area contributed by atoms with Crippen molar-refractivity contribution >= 4 is 29.9 Å². The summed E-state index contributed by atoms with van der Waals surface area (Å²) in [6.45, 7) is 6.70. The first-order chi connectivity index (χ1) is 13.2. The van der Waals surface area contributed by atoms with Crippen molar-refractivity contribution in [3.05, 3.63) is 59.8 Å². The maximum Gasteiger partial charge on any atom is 0.218 e. The Hall–Kier alpha value is -1.87. The smallest absolute Gasteiger partial charge is 0.218 e. The van der Waals surface area contributed by atoms with E-state index in [1.165, 1.54) is 5.56 Å². The molecule has 0 aliphatic heterocycles. The van der Waals surface area contributed by atoms with Crippen LogP contribution in [0.1, 0.15) is 37.5 Å². The number of nitrogens with zero attached hydrogens (tertiary/aromatic N) is 2. The molecular formula is C21H31IN4O2. The summed E-state index contributed by atoms with van der Waals surface area (Å²) in [6.07, 6.45) is 2.73. The lowest BCUT2D eigenvalue weighted by molar-refractivity contribution is 0.0646. The fourth-order valence-corrected chi connectivity index (χ4v) is 2.58. The maximum absolute atomic E-state index is 5.89. The standard InChI is InChI=1S/C21H30N4O2.HI/c1-4-26-20-19(12-8-13-23-20)16-25-21(22-3)24-14-9-15-27-17(2)18-10-6-5-7-11-18;/h5-8,10-13,17H,4,9,14-16H2,1-3H3,(H2,22,24,25);1H. The monoisotopic (exact) mass is 498 g/mol. The third-order valence-corrected chi connectivity index (χ3v) is 4.05. The summed E-state index contributed by atoms with van der Waals surface area (Å²) in [6, 6.07) is 14.2. The summed E-state index contributed by atoms with van der Waals surface area (Å²) in [5.41, 5.74) is 2.20. The number of hydrogen-bond acceptors (Lipinski definition) is 4. The lowest BCUT2D eigenvalue weighted by atomic mass is 10.1. The molecular weight excluding hydrogens is 467 g/mol. The number of benzene rings is 1. The zero-order chi connectivity index (χ0) is 19.3. The van der Waals surface area contributed by atoms with Crippen LogP contribution in [-0.4, -0.2) is 37.7 Å². The number of guanidine groups is 1. The summed E-state index contributed by atoms with van der Waals surface area (Å²) >= 11 is 0. The van der Waals surface area contributed by atoms with Crippen molar-refractivity contribution in [3.8, 4) is 5.88 Å². The van der Waals surface area contributed by atoms with Crippen molar-refractivity contribution in [1.29, 1.82) is 0 Å². The summed E-state index contributed by atoms with van der Waals surface area (Å²) in [5, 5.41) is 6.59. The highest BCUT2D eigenvalue weighted by atomic mass is 127. The highest BCUT2D eigenvalue weighted by molar-refractivity contribution is 14.0. The molecule has 2 N–H and O–H groups in total. The highest BCUT2D eigenvalue weighted by Crippen LogP contribution is 2.16. The van der Waals surface area contributed by atoms with E-state index in [1.807, 2.05) is 37.3 Å². The molecule has 0 aliphatic carbocycles. The van der Waals surface area contributed by atoms with E-state index in [0.29, 0.717) is 25.6 Å². The van der Waals surface area contributed by atoms with Crippen LogP contribution in [0.3, 0.4) is 0 Å². The van der Waals surface area contributed by atoms with Crippen molar-refractivity contribution in [1.82, 2.24) is 15.6 Å². The Bertz CT molecular complexity index is 698. The van der Waals surface area contributed by atoms with Gasteiger partial charge in [-0.2, -0.15) is 0 Å². The molecule has 1 unspecified atom stereocenters. The molecule has 2 aromatic rings. The molecule has 1 heterocycles. The average Bonchev–Trinajstić information content (AvgIpc) is 2.71. The van der Waals surface area contributed by atoms with E-state index in [9.17, 15) is 0 Å². The average molecular weight is 498 g/mol. The molecule has 0 amide bonds. The number of rotatable bonds is 10. The molecule has 7 heteroatoms. The normalized spacial score (nSPS) is 12.0. The third kappa shape index (κ3) is 8.43. The van der Waals surface area contributed by atoms with Gasteiger partial charge in [0.2, 0.25) is 5.88 Å². The largest absolute Gasteiger partial charge is 0.478 e. The molecule has 28 heavy (non-hydrogen) atoms. The van der Waals surface area contributed by atoms with Crippen molar-refractivity contribution < 1.29 is 9.47 Å². The van der Waals surface area contributed by atoms with Crippen LogP contribution in [0.5, 0.6) is 5.88 Å². The number of halogens is 1. The topological polar surface area (TPSA) is 67.8 Å². The molecule has 1 aromatic carbocycles. The molecule has 0 spiro atoms. The lowest BCUT2D eigenvalue weighted by Crippen LogP contribution is -2.37. The van der Waals surface area contributed by atoms with Crippen molar-refractivity contribution in [2.24, 2.45) is 4.99 Å². The number of pyridine rings is 1. The van der Waals surface area contributed by atoms with Crippen LogP contribution in [0.2, 0.25) is 0 Å². The molecule has 2 rings (SSSR count). The van der Waals surface area contributed by atoms with Gasteiger partial charge in [-0.25, -0.2) is 4.98 Å². The van der Waals surface area contributed by atoms with E-state index in [1.54, 1.807) is 13.2 Å². The minimum absolute atomic E-state index is 0. The maximum atomic E-state index is 5.89. The lowest BCUT2D eigenvalue weighted by Gasteiger charge is -2.15. The fraction of sp³-hybridized carbons (Fsp3) is 0.429. The molecule has 0 aliphatic rings. The summed E-state index contributed by atoms with van der Waals surface area (Å²) in [4.78, 5) is 8.51. The number of aromatic nitrogens is 1. The zero-order valence-corrected chi connectivity index (χ0v) is 19.2. The SMILES string of the molecule is CCOc1ncccc1CNC(=NC)NCCCOC(C)c1ccccc1.I. The van der Waals surface area contributed by atoms with Gasteiger partial charge in [0.05, 0.1) is 12.7 Å². The second-order valence-electron chi connectivity index (χ2n) is 6.03. The van der Waals surface area contributed by atoms with Crippen LogP contribution >= 0.6 is 24.0 Å². The van der Waals surface area contributed by atoms with Crippen LogP contribution in [0, 0.1) is 0 Å². The van der Waals surface area contributed by atoms with Gasteiger partial charge in [0.15, 0.2) is 5.96 Å². The second kappa shape index (κ2) is 14.2. The van der Waals surface area contributed by atoms with Gasteiger partial charge in [0, 0.05) is 38.5 Å². The molecule has 154 valence electrons. The molecule has 1 aromatic heterocycles. The van der Waals surface area contributed by atoms with Crippen LogP contribution in [0.25, 0.3) is 0 Å². The predicted molar refractivity (Wildman–Crippen MR) is 124 cm³/mol. The first-order valence-electron chi connectivity index (χ1n) is 9.42. The molecule has 0 radical (unpaired) electrons. The van der Waals surface area contributed by atoms with Gasteiger partial charge in [-0.15, -0.1) is 24.0 Å². The Morgan fingerprint density at radius 2 is 1.93 bits per heavy atom. The number of nitrogens with one attached hydrogen (secondary N) is 2. The van der Waals surface area contributed by atoms with Gasteiger partial charge < -0.3 is 20.1 Å². The van der Waals surface area contributed by atoms with Gasteiger partial charge in [0.1, 0.15) is 0 Å². The molecule has 0 saturated heterocycles. The zero-order valence-electron chi connectivity index (χ0n) is 16.9. The number of ether oxygens (including phenoxy) is 2. The first-order valence-corrected chi connectivity index (χ1v) is 9.42. The van der Waals surface area contributed by atoms with Gasteiger partial charge >= 0.3 is 0 Å². The van der Waals surface area contributed by atoms with Crippen molar-refractivity contribution in [2.45, 2.75) is 32.9 Å². The minimum atomic E-state index is 0. The number of aliphatic imine (C=N–C) groups is 1. The van der Waals surface area contributed by atoms with Crippen LogP contribution < -0.4 is 15.4 Å². The third-order valence-electron chi connectivity index (χ3n) is 4.05.